The van der Waals surface area contributed by atoms with Gasteiger partial charge in [0.15, 0.2) is 5.65 Å². The second kappa shape index (κ2) is 9.87. The molecular formula is C31H29N7S. The first kappa shape index (κ1) is 23.9. The van der Waals surface area contributed by atoms with Crippen molar-refractivity contribution in [1.29, 1.82) is 0 Å². The van der Waals surface area contributed by atoms with Gasteiger partial charge in [-0.25, -0.2) is 4.98 Å². The standard InChI is InChI=1S/C31H29N7S/c1-19(2)28-6-7-29(39-28)25-16-33-17-27-23(25)12-26(35-27)30-24-11-22(15-34-31(24)37-36-30)21-10-20(13-32-14-21)18-38-8-4-3-5-9-38/h6-7,10-17,35H,1,3-5,8-9,18H2,2H3,(H,34,36,37). The van der Waals surface area contributed by atoms with Gasteiger partial charge >= 0.3 is 0 Å². The van der Waals surface area contributed by atoms with Crippen molar-refractivity contribution in [2.45, 2.75) is 32.7 Å². The number of hydrogen-bond donors (Lipinski definition) is 2. The predicted molar refractivity (Wildman–Crippen MR) is 159 cm³/mol. The number of nitrogens with zero attached hydrogens (tertiary/aromatic N) is 5. The van der Waals surface area contributed by atoms with Gasteiger partial charge in [-0.05, 0) is 74.3 Å². The van der Waals surface area contributed by atoms with Gasteiger partial charge in [-0.15, -0.1) is 11.3 Å². The number of allylic oxidation sites excluding steroid dienone is 1. The zero-order chi connectivity index (χ0) is 26.3. The molecule has 6 aromatic rings. The number of fused-ring (bicyclic) bond motifs is 2. The molecule has 0 radical (unpaired) electrons. The van der Waals surface area contributed by atoms with E-state index in [4.69, 9.17) is 0 Å². The lowest BCUT2D eigenvalue weighted by molar-refractivity contribution is 0.220. The van der Waals surface area contributed by atoms with Crippen LogP contribution < -0.4 is 0 Å². The van der Waals surface area contributed by atoms with Gasteiger partial charge < -0.3 is 4.98 Å². The fraction of sp³-hybridized carbons (Fsp3) is 0.226. The summed E-state index contributed by atoms with van der Waals surface area (Å²) in [4.78, 5) is 22.2. The summed E-state index contributed by atoms with van der Waals surface area (Å²) in [5.41, 5.74) is 9.04. The van der Waals surface area contributed by atoms with E-state index in [0.29, 0.717) is 5.65 Å². The van der Waals surface area contributed by atoms with Gasteiger partial charge in [-0.1, -0.05) is 13.0 Å². The van der Waals surface area contributed by atoms with Crippen LogP contribution in [0.1, 0.15) is 36.6 Å². The summed E-state index contributed by atoms with van der Waals surface area (Å²) in [5, 5.41) is 9.80. The number of hydrogen-bond acceptors (Lipinski definition) is 6. The first-order valence-corrected chi connectivity index (χ1v) is 14.2. The molecule has 0 atom stereocenters. The van der Waals surface area contributed by atoms with Crippen molar-refractivity contribution in [2.24, 2.45) is 0 Å². The van der Waals surface area contributed by atoms with Crippen molar-refractivity contribution >= 4 is 38.8 Å². The van der Waals surface area contributed by atoms with Crippen molar-refractivity contribution < 1.29 is 0 Å². The van der Waals surface area contributed by atoms with Gasteiger partial charge in [0.05, 0.1) is 23.1 Å². The molecule has 7 nitrogen and oxygen atoms in total. The van der Waals surface area contributed by atoms with Crippen LogP contribution in [0.5, 0.6) is 0 Å². The Hall–Kier alpha value is -4.14. The van der Waals surface area contributed by atoms with E-state index < -0.39 is 0 Å². The lowest BCUT2D eigenvalue weighted by Crippen LogP contribution is -2.29. The molecule has 0 amide bonds. The highest BCUT2D eigenvalue weighted by Crippen LogP contribution is 2.37. The molecule has 0 aliphatic carbocycles. The van der Waals surface area contributed by atoms with E-state index in [1.165, 1.54) is 47.7 Å². The maximum atomic E-state index is 4.67. The van der Waals surface area contributed by atoms with Crippen LogP contribution in [0.2, 0.25) is 0 Å². The van der Waals surface area contributed by atoms with E-state index in [1.54, 1.807) is 11.3 Å². The third-order valence-electron chi connectivity index (χ3n) is 7.50. The van der Waals surface area contributed by atoms with Gasteiger partial charge in [0.25, 0.3) is 0 Å². The number of rotatable bonds is 6. The average molecular weight is 532 g/mol. The number of piperidine rings is 1. The first-order chi connectivity index (χ1) is 19.1. The molecule has 0 bridgehead atoms. The molecule has 0 spiro atoms. The van der Waals surface area contributed by atoms with Gasteiger partial charge in [0.1, 0.15) is 0 Å². The summed E-state index contributed by atoms with van der Waals surface area (Å²) in [7, 11) is 0. The number of nitrogens with one attached hydrogen (secondary N) is 2. The molecule has 194 valence electrons. The summed E-state index contributed by atoms with van der Waals surface area (Å²) in [6, 6.07) is 10.8. The topological polar surface area (TPSA) is 86.4 Å². The molecule has 1 fully saturated rings. The van der Waals surface area contributed by atoms with Crippen molar-refractivity contribution in [3.63, 3.8) is 0 Å². The predicted octanol–water partition coefficient (Wildman–Crippen LogP) is 7.31. The van der Waals surface area contributed by atoms with Crippen LogP contribution in [0.4, 0.5) is 0 Å². The largest absolute Gasteiger partial charge is 0.352 e. The average Bonchev–Trinajstić information content (AvgIpc) is 3.71. The molecule has 0 aromatic carbocycles. The minimum Gasteiger partial charge on any atom is -0.352 e. The molecule has 8 heteroatoms. The molecule has 1 aliphatic rings. The molecule has 0 unspecified atom stereocenters. The van der Waals surface area contributed by atoms with Gasteiger partial charge in [-0.3, -0.25) is 20.0 Å². The second-order valence-corrected chi connectivity index (χ2v) is 11.5. The summed E-state index contributed by atoms with van der Waals surface area (Å²) >= 11 is 1.74. The molecule has 1 aliphatic heterocycles. The molecule has 0 saturated carbocycles. The number of aromatic nitrogens is 6. The van der Waals surface area contributed by atoms with Crippen LogP contribution in [0, 0.1) is 0 Å². The van der Waals surface area contributed by atoms with Crippen LogP contribution >= 0.6 is 11.3 Å². The fourth-order valence-electron chi connectivity index (χ4n) is 5.46. The zero-order valence-electron chi connectivity index (χ0n) is 21.9. The smallest absolute Gasteiger partial charge is 0.181 e. The van der Waals surface area contributed by atoms with E-state index in [-0.39, 0.29) is 0 Å². The summed E-state index contributed by atoms with van der Waals surface area (Å²) in [6.45, 7) is 9.40. The molecule has 6 aromatic heterocycles. The molecule has 7 heterocycles. The van der Waals surface area contributed by atoms with E-state index >= 15 is 0 Å². The highest BCUT2D eigenvalue weighted by atomic mass is 32.1. The Labute approximate surface area is 230 Å². The molecule has 39 heavy (non-hydrogen) atoms. The first-order valence-electron chi connectivity index (χ1n) is 13.4. The fourth-order valence-corrected chi connectivity index (χ4v) is 6.42. The number of likely N-dealkylation sites (tertiary alicyclic amines) is 1. The molecular weight excluding hydrogens is 502 g/mol. The Morgan fingerprint density at radius 2 is 1.79 bits per heavy atom. The Morgan fingerprint density at radius 1 is 0.949 bits per heavy atom. The maximum absolute atomic E-state index is 4.67. The maximum Gasteiger partial charge on any atom is 0.181 e. The number of thiophene rings is 1. The normalized spacial score (nSPS) is 14.4. The van der Waals surface area contributed by atoms with Crippen LogP contribution in [-0.2, 0) is 6.54 Å². The quantitative estimate of drug-likeness (QED) is 0.235. The Balaban J connectivity index is 1.25. The monoisotopic (exact) mass is 531 g/mol. The third kappa shape index (κ3) is 4.56. The highest BCUT2D eigenvalue weighted by molar-refractivity contribution is 7.16. The second-order valence-electron chi connectivity index (χ2n) is 10.4. The molecule has 2 N–H and O–H groups in total. The van der Waals surface area contributed by atoms with E-state index in [9.17, 15) is 0 Å². The van der Waals surface area contributed by atoms with E-state index in [0.717, 1.165) is 56.5 Å². The van der Waals surface area contributed by atoms with Crippen LogP contribution in [0.15, 0.2) is 67.9 Å². The van der Waals surface area contributed by atoms with Gasteiger partial charge in [0.2, 0.25) is 0 Å². The summed E-state index contributed by atoms with van der Waals surface area (Å²) in [6.07, 6.45) is 13.5. The van der Waals surface area contributed by atoms with Crippen LogP contribution in [0.3, 0.4) is 0 Å². The SMILES string of the molecule is C=C(C)c1ccc(-c2cncc3[nH]c(-c4[nH]nc5ncc(-c6cncc(CN7CCCCC7)c6)cc45)cc23)s1. The lowest BCUT2D eigenvalue weighted by Gasteiger charge is -2.26. The number of pyridine rings is 3. The molecule has 7 rings (SSSR count). The minimum atomic E-state index is 0.688. The van der Waals surface area contributed by atoms with Crippen molar-refractivity contribution in [3.05, 3.63) is 78.3 Å². The number of aromatic amines is 2. The van der Waals surface area contributed by atoms with Gasteiger partial charge in [0, 0.05) is 68.5 Å². The minimum absolute atomic E-state index is 0.688. The Bertz CT molecular complexity index is 1820. The summed E-state index contributed by atoms with van der Waals surface area (Å²) < 4.78 is 0. The molecule has 1 saturated heterocycles. The van der Waals surface area contributed by atoms with Gasteiger partial charge in [-0.2, -0.15) is 5.10 Å². The number of H-pyrrole nitrogens is 2. The summed E-state index contributed by atoms with van der Waals surface area (Å²) in [5.74, 6) is 0. The Morgan fingerprint density at radius 3 is 2.64 bits per heavy atom. The zero-order valence-corrected chi connectivity index (χ0v) is 22.7. The van der Waals surface area contributed by atoms with Crippen molar-refractivity contribution in [3.8, 4) is 33.0 Å². The van der Waals surface area contributed by atoms with Crippen molar-refractivity contribution in [1.82, 2.24) is 35.0 Å². The third-order valence-corrected chi connectivity index (χ3v) is 8.78. The highest BCUT2D eigenvalue weighted by Gasteiger charge is 2.16. The van der Waals surface area contributed by atoms with E-state index in [2.05, 4.69) is 71.9 Å². The Kier molecular flexibility index (Phi) is 6.06. The van der Waals surface area contributed by atoms with Crippen LogP contribution in [-0.4, -0.2) is 48.1 Å². The van der Waals surface area contributed by atoms with Crippen molar-refractivity contribution in [2.75, 3.05) is 13.1 Å². The van der Waals surface area contributed by atoms with Crippen LogP contribution in [0.25, 0.3) is 60.5 Å². The lowest BCUT2D eigenvalue weighted by atomic mass is 10.0. The van der Waals surface area contributed by atoms with E-state index in [1.807, 2.05) is 37.9 Å².